The van der Waals surface area contributed by atoms with Gasteiger partial charge in [0.1, 0.15) is 0 Å². The molecule has 0 spiro atoms. The highest BCUT2D eigenvalue weighted by atomic mass is 28.3. The van der Waals surface area contributed by atoms with E-state index in [1.54, 1.807) is 7.11 Å². The lowest BCUT2D eigenvalue weighted by atomic mass is 10.1. The predicted octanol–water partition coefficient (Wildman–Crippen LogP) is 3.87. The van der Waals surface area contributed by atoms with Crippen LogP contribution in [0.2, 0.25) is 19.6 Å². The van der Waals surface area contributed by atoms with Gasteiger partial charge in [0, 0.05) is 26.2 Å². The summed E-state index contributed by atoms with van der Waals surface area (Å²) in [4.78, 5) is 2.56. The van der Waals surface area contributed by atoms with E-state index >= 15 is 0 Å². The van der Waals surface area contributed by atoms with Gasteiger partial charge in [0.05, 0.1) is 14.7 Å². The largest absolute Gasteiger partial charge is 0.383 e. The molecular weight excluding hydrogens is 274 g/mol. The Morgan fingerprint density at radius 2 is 1.62 bits per heavy atom. The van der Waals surface area contributed by atoms with Crippen LogP contribution in [0.1, 0.15) is 32.3 Å². The average Bonchev–Trinajstić information content (AvgIpc) is 2.45. The average molecular weight is 308 g/mol. The SMILES string of the molecule is CCC(CC)N(CCOC)Cc1ccc([Si](C)(C)C)cc1. The smallest absolute Gasteiger partial charge is 0.0775 e. The van der Waals surface area contributed by atoms with Crippen molar-refractivity contribution in [2.75, 3.05) is 20.3 Å². The van der Waals surface area contributed by atoms with Crippen molar-refractivity contribution in [3.63, 3.8) is 0 Å². The van der Waals surface area contributed by atoms with Crippen LogP contribution in [0.15, 0.2) is 24.3 Å². The number of benzene rings is 1. The van der Waals surface area contributed by atoms with Crippen LogP contribution in [0.25, 0.3) is 0 Å². The Morgan fingerprint density at radius 1 is 1.05 bits per heavy atom. The Balaban J connectivity index is 2.78. The molecule has 1 rings (SSSR count). The molecule has 0 radical (unpaired) electrons. The molecule has 1 aromatic carbocycles. The molecule has 0 N–H and O–H groups in total. The summed E-state index contributed by atoms with van der Waals surface area (Å²) in [5, 5.41) is 1.54. The van der Waals surface area contributed by atoms with E-state index in [1.807, 2.05) is 0 Å². The normalized spacial score (nSPS) is 12.4. The van der Waals surface area contributed by atoms with E-state index in [0.717, 1.165) is 19.7 Å². The van der Waals surface area contributed by atoms with Gasteiger partial charge in [-0.1, -0.05) is 62.9 Å². The Hall–Kier alpha value is -0.643. The zero-order valence-corrected chi connectivity index (χ0v) is 15.8. The maximum absolute atomic E-state index is 5.28. The van der Waals surface area contributed by atoms with Crippen LogP contribution in [0, 0.1) is 0 Å². The van der Waals surface area contributed by atoms with Crippen LogP contribution >= 0.6 is 0 Å². The minimum Gasteiger partial charge on any atom is -0.383 e. The number of hydrogen-bond donors (Lipinski definition) is 0. The molecule has 0 aliphatic carbocycles. The molecule has 21 heavy (non-hydrogen) atoms. The molecule has 0 aliphatic heterocycles. The van der Waals surface area contributed by atoms with Crippen molar-refractivity contribution in [1.29, 1.82) is 0 Å². The quantitative estimate of drug-likeness (QED) is 0.642. The molecule has 0 aliphatic rings. The molecule has 0 saturated carbocycles. The minimum atomic E-state index is -1.19. The molecule has 0 unspecified atom stereocenters. The minimum absolute atomic E-state index is 0.650. The van der Waals surface area contributed by atoms with E-state index in [9.17, 15) is 0 Å². The second kappa shape index (κ2) is 8.72. The van der Waals surface area contributed by atoms with Gasteiger partial charge in [0.2, 0.25) is 0 Å². The van der Waals surface area contributed by atoms with Gasteiger partial charge in [-0.2, -0.15) is 0 Å². The third-order valence-electron chi connectivity index (χ3n) is 4.25. The van der Waals surface area contributed by atoms with Gasteiger partial charge in [0.15, 0.2) is 0 Å². The van der Waals surface area contributed by atoms with Crippen molar-refractivity contribution >= 4 is 13.3 Å². The maximum atomic E-state index is 5.28. The zero-order valence-electron chi connectivity index (χ0n) is 14.8. The molecule has 0 fully saturated rings. The maximum Gasteiger partial charge on any atom is 0.0775 e. The fourth-order valence-corrected chi connectivity index (χ4v) is 3.92. The Kier molecular flexibility index (Phi) is 7.64. The summed E-state index contributed by atoms with van der Waals surface area (Å²) >= 11 is 0. The van der Waals surface area contributed by atoms with Crippen molar-refractivity contribution in [2.24, 2.45) is 0 Å². The van der Waals surface area contributed by atoms with E-state index in [2.05, 4.69) is 62.7 Å². The zero-order chi connectivity index (χ0) is 15.9. The van der Waals surface area contributed by atoms with Crippen LogP contribution in [-0.4, -0.2) is 39.3 Å². The lowest BCUT2D eigenvalue weighted by Crippen LogP contribution is -2.38. The van der Waals surface area contributed by atoms with Gasteiger partial charge >= 0.3 is 0 Å². The van der Waals surface area contributed by atoms with Crippen LogP contribution in [0.3, 0.4) is 0 Å². The molecule has 3 heteroatoms. The summed E-state index contributed by atoms with van der Waals surface area (Å²) in [6, 6.07) is 9.95. The summed E-state index contributed by atoms with van der Waals surface area (Å²) in [6.45, 7) is 14.6. The van der Waals surface area contributed by atoms with E-state index in [1.165, 1.54) is 23.6 Å². The summed E-state index contributed by atoms with van der Waals surface area (Å²) in [7, 11) is 0.599. The molecule has 0 aromatic heterocycles. The lowest BCUT2D eigenvalue weighted by molar-refractivity contribution is 0.110. The third kappa shape index (κ3) is 5.93. The molecule has 2 nitrogen and oxygen atoms in total. The number of hydrogen-bond acceptors (Lipinski definition) is 2. The van der Waals surface area contributed by atoms with Crippen LogP contribution < -0.4 is 5.19 Å². The highest BCUT2D eigenvalue weighted by Gasteiger charge is 2.17. The van der Waals surface area contributed by atoms with E-state index in [4.69, 9.17) is 4.74 Å². The molecule has 0 atom stereocenters. The van der Waals surface area contributed by atoms with Crippen LogP contribution in [-0.2, 0) is 11.3 Å². The van der Waals surface area contributed by atoms with Crippen molar-refractivity contribution < 1.29 is 4.74 Å². The Labute approximate surface area is 132 Å². The molecule has 0 bridgehead atoms. The summed E-state index contributed by atoms with van der Waals surface area (Å²) < 4.78 is 5.28. The Bertz CT molecular complexity index is 393. The van der Waals surface area contributed by atoms with Crippen molar-refractivity contribution in [2.45, 2.75) is 58.9 Å². The first-order valence-corrected chi connectivity index (χ1v) is 11.7. The third-order valence-corrected chi connectivity index (χ3v) is 6.31. The summed E-state index contributed by atoms with van der Waals surface area (Å²) in [6.07, 6.45) is 2.40. The van der Waals surface area contributed by atoms with Crippen molar-refractivity contribution in [3.05, 3.63) is 29.8 Å². The van der Waals surface area contributed by atoms with E-state index in [-0.39, 0.29) is 0 Å². The highest BCUT2D eigenvalue weighted by molar-refractivity contribution is 6.88. The first-order valence-electron chi connectivity index (χ1n) is 8.24. The number of methoxy groups -OCH3 is 1. The van der Waals surface area contributed by atoms with Gasteiger partial charge in [0.25, 0.3) is 0 Å². The number of nitrogens with zero attached hydrogens (tertiary/aromatic N) is 1. The fourth-order valence-electron chi connectivity index (χ4n) is 2.75. The van der Waals surface area contributed by atoms with Crippen LogP contribution in [0.5, 0.6) is 0 Å². The standard InChI is InChI=1S/C18H33NOSi/c1-7-17(8-2)19(13-14-20-3)15-16-9-11-18(12-10-16)21(4,5)6/h9-12,17H,7-8,13-15H2,1-6H3. The monoisotopic (exact) mass is 307 g/mol. The van der Waals surface area contributed by atoms with Crippen LogP contribution in [0.4, 0.5) is 0 Å². The molecule has 0 amide bonds. The highest BCUT2D eigenvalue weighted by Crippen LogP contribution is 2.14. The molecule has 0 saturated heterocycles. The molecule has 1 aromatic rings. The van der Waals surface area contributed by atoms with E-state index in [0.29, 0.717) is 6.04 Å². The van der Waals surface area contributed by atoms with Gasteiger partial charge in [-0.25, -0.2) is 0 Å². The number of rotatable bonds is 9. The fraction of sp³-hybridized carbons (Fsp3) is 0.667. The topological polar surface area (TPSA) is 12.5 Å². The predicted molar refractivity (Wildman–Crippen MR) is 96.1 cm³/mol. The van der Waals surface area contributed by atoms with Gasteiger partial charge < -0.3 is 4.74 Å². The second-order valence-electron chi connectivity index (χ2n) is 6.88. The number of ether oxygens (including phenoxy) is 1. The molecule has 120 valence electrons. The second-order valence-corrected chi connectivity index (χ2v) is 12.0. The first-order chi connectivity index (χ1) is 9.92. The van der Waals surface area contributed by atoms with Gasteiger partial charge in [-0.3, -0.25) is 4.90 Å². The lowest BCUT2D eigenvalue weighted by Gasteiger charge is -2.30. The molecule has 0 heterocycles. The van der Waals surface area contributed by atoms with Crippen molar-refractivity contribution in [1.82, 2.24) is 4.90 Å². The summed E-state index contributed by atoms with van der Waals surface area (Å²) in [5.41, 5.74) is 1.42. The molecular formula is C18H33NOSi. The van der Waals surface area contributed by atoms with Gasteiger partial charge in [-0.05, 0) is 18.4 Å². The van der Waals surface area contributed by atoms with Gasteiger partial charge in [-0.15, -0.1) is 0 Å². The first kappa shape index (κ1) is 18.4. The Morgan fingerprint density at radius 3 is 2.05 bits per heavy atom. The van der Waals surface area contributed by atoms with E-state index < -0.39 is 8.07 Å². The summed E-state index contributed by atoms with van der Waals surface area (Å²) in [5.74, 6) is 0. The van der Waals surface area contributed by atoms with Crippen molar-refractivity contribution in [3.8, 4) is 0 Å².